The molecule has 186 valence electrons. The van der Waals surface area contributed by atoms with Crippen LogP contribution in [0.3, 0.4) is 0 Å². The molecule has 6 nitrogen and oxygen atoms in total. The van der Waals surface area contributed by atoms with Gasteiger partial charge in [-0.1, -0.05) is 45.0 Å². The first-order chi connectivity index (χ1) is 16.9. The van der Waals surface area contributed by atoms with Crippen LogP contribution in [-0.4, -0.2) is 62.5 Å². The number of hydrogen-bond acceptors (Lipinski definition) is 4. The number of benzene rings is 1. The van der Waals surface area contributed by atoms with Crippen LogP contribution in [0.4, 0.5) is 0 Å². The molecule has 0 spiro atoms. The third kappa shape index (κ3) is 5.64. The van der Waals surface area contributed by atoms with Gasteiger partial charge in [0.05, 0.1) is 6.54 Å². The Morgan fingerprint density at radius 1 is 1.06 bits per heavy atom. The molecular weight excluding hydrogens is 434 g/mol. The minimum absolute atomic E-state index is 0.112. The number of carbonyl (C=O) groups is 1. The molecule has 4 rings (SSSR count). The number of aromatic nitrogens is 3. The van der Waals surface area contributed by atoms with Crippen LogP contribution >= 0.6 is 0 Å². The molecule has 3 heterocycles. The third-order valence-corrected chi connectivity index (χ3v) is 7.26. The molecule has 2 aromatic heterocycles. The van der Waals surface area contributed by atoms with E-state index in [4.69, 9.17) is 9.97 Å². The summed E-state index contributed by atoms with van der Waals surface area (Å²) in [6.45, 7) is 15.3. The lowest BCUT2D eigenvalue weighted by Gasteiger charge is -2.37. The summed E-state index contributed by atoms with van der Waals surface area (Å²) in [5.41, 5.74) is 6.37. The van der Waals surface area contributed by atoms with Crippen molar-refractivity contribution in [2.24, 2.45) is 0 Å². The van der Waals surface area contributed by atoms with Crippen LogP contribution in [0.1, 0.15) is 61.8 Å². The minimum Gasteiger partial charge on any atom is -0.339 e. The fourth-order valence-electron chi connectivity index (χ4n) is 5.27. The van der Waals surface area contributed by atoms with Gasteiger partial charge in [0.25, 0.3) is 0 Å². The Bertz CT molecular complexity index is 1180. The van der Waals surface area contributed by atoms with Gasteiger partial charge < -0.3 is 14.4 Å². The maximum absolute atomic E-state index is 12.7. The van der Waals surface area contributed by atoms with Crippen molar-refractivity contribution >= 4 is 23.1 Å². The van der Waals surface area contributed by atoms with E-state index in [9.17, 15) is 4.79 Å². The largest absolute Gasteiger partial charge is 0.339 e. The van der Waals surface area contributed by atoms with Gasteiger partial charge in [0.2, 0.25) is 5.91 Å². The van der Waals surface area contributed by atoms with E-state index in [0.29, 0.717) is 6.04 Å². The Morgan fingerprint density at radius 2 is 1.74 bits per heavy atom. The van der Waals surface area contributed by atoms with Crippen LogP contribution in [0.5, 0.6) is 0 Å². The molecule has 0 N–H and O–H groups in total. The maximum atomic E-state index is 12.7. The average molecular weight is 474 g/mol. The normalized spacial score (nSPS) is 15.1. The topological polar surface area (TPSA) is 54.3 Å². The number of piperidine rings is 1. The molecule has 35 heavy (non-hydrogen) atoms. The monoisotopic (exact) mass is 473 g/mol. The third-order valence-electron chi connectivity index (χ3n) is 7.26. The van der Waals surface area contributed by atoms with Crippen molar-refractivity contribution in [3.8, 4) is 0 Å². The second kappa shape index (κ2) is 11.2. The maximum Gasteiger partial charge on any atom is 0.246 e. The Morgan fingerprint density at radius 3 is 2.37 bits per heavy atom. The smallest absolute Gasteiger partial charge is 0.246 e. The zero-order valence-corrected chi connectivity index (χ0v) is 21.9. The van der Waals surface area contributed by atoms with Crippen molar-refractivity contribution in [3.63, 3.8) is 0 Å². The molecule has 1 aliphatic heterocycles. The predicted octanol–water partition coefficient (Wildman–Crippen LogP) is 5.00. The number of rotatable bonds is 8. The van der Waals surface area contributed by atoms with Gasteiger partial charge >= 0.3 is 0 Å². The molecule has 0 bridgehead atoms. The van der Waals surface area contributed by atoms with E-state index >= 15 is 0 Å². The molecule has 0 atom stereocenters. The van der Waals surface area contributed by atoms with E-state index in [-0.39, 0.29) is 5.91 Å². The highest BCUT2D eigenvalue weighted by Crippen LogP contribution is 2.21. The van der Waals surface area contributed by atoms with Crippen molar-refractivity contribution < 1.29 is 4.79 Å². The van der Waals surface area contributed by atoms with Crippen molar-refractivity contribution in [2.45, 2.75) is 66.5 Å². The summed E-state index contributed by atoms with van der Waals surface area (Å²) in [6, 6.07) is 11.1. The second-order valence-electron chi connectivity index (χ2n) is 9.57. The lowest BCUT2D eigenvalue weighted by Crippen LogP contribution is -2.46. The summed E-state index contributed by atoms with van der Waals surface area (Å²) >= 11 is 0. The number of amides is 1. The first kappa shape index (κ1) is 25.1. The van der Waals surface area contributed by atoms with Crippen LogP contribution in [0, 0.1) is 13.8 Å². The molecule has 6 heteroatoms. The molecule has 1 amide bonds. The molecular formula is C29H39N5O. The molecule has 1 saturated heterocycles. The zero-order chi connectivity index (χ0) is 24.9. The zero-order valence-electron chi connectivity index (χ0n) is 21.9. The Hall–Kier alpha value is -2.99. The van der Waals surface area contributed by atoms with Gasteiger partial charge in [0.1, 0.15) is 11.3 Å². The number of nitrogens with zero attached hydrogens (tertiary/aromatic N) is 5. The summed E-state index contributed by atoms with van der Waals surface area (Å²) in [7, 11) is 0. The number of pyridine rings is 1. The van der Waals surface area contributed by atoms with Crippen LogP contribution in [0.2, 0.25) is 0 Å². The summed E-state index contributed by atoms with van der Waals surface area (Å²) in [4.78, 5) is 26.8. The van der Waals surface area contributed by atoms with Crippen molar-refractivity contribution in [3.05, 3.63) is 64.6 Å². The number of carbonyl (C=O) groups excluding carboxylic acids is 1. The van der Waals surface area contributed by atoms with E-state index in [1.807, 2.05) is 17.9 Å². The first-order valence-corrected chi connectivity index (χ1v) is 13.1. The van der Waals surface area contributed by atoms with E-state index in [0.717, 1.165) is 80.2 Å². The molecule has 0 saturated carbocycles. The lowest BCUT2D eigenvalue weighted by molar-refractivity contribution is -0.127. The highest BCUT2D eigenvalue weighted by atomic mass is 16.2. The van der Waals surface area contributed by atoms with Crippen LogP contribution in [0.25, 0.3) is 17.2 Å². The molecule has 0 aliphatic carbocycles. The van der Waals surface area contributed by atoms with Gasteiger partial charge in [-0.05, 0) is 68.6 Å². The predicted molar refractivity (Wildman–Crippen MR) is 143 cm³/mol. The van der Waals surface area contributed by atoms with Crippen molar-refractivity contribution in [2.75, 3.05) is 26.2 Å². The summed E-state index contributed by atoms with van der Waals surface area (Å²) < 4.78 is 2.23. The SMILES string of the molecule is CCc1nc2c(C)cc(C)nc2n1Cc1ccc(C=CC(=O)N2CCC(N(CC)CC)CC2)cc1. The van der Waals surface area contributed by atoms with Crippen molar-refractivity contribution in [1.82, 2.24) is 24.3 Å². The van der Waals surface area contributed by atoms with Gasteiger partial charge in [-0.15, -0.1) is 0 Å². The average Bonchev–Trinajstić information content (AvgIpc) is 3.22. The quantitative estimate of drug-likeness (QED) is 0.432. The van der Waals surface area contributed by atoms with E-state index in [2.05, 4.69) is 67.5 Å². The summed E-state index contributed by atoms with van der Waals surface area (Å²) in [5.74, 6) is 1.17. The Labute approximate surface area is 209 Å². The molecule has 3 aromatic rings. The highest BCUT2D eigenvalue weighted by molar-refractivity contribution is 5.91. The van der Waals surface area contributed by atoms with Crippen molar-refractivity contribution in [1.29, 1.82) is 0 Å². The lowest BCUT2D eigenvalue weighted by atomic mass is 10.0. The molecule has 1 fully saturated rings. The minimum atomic E-state index is 0.112. The molecule has 0 unspecified atom stereocenters. The highest BCUT2D eigenvalue weighted by Gasteiger charge is 2.24. The van der Waals surface area contributed by atoms with Crippen LogP contribution in [-0.2, 0) is 17.8 Å². The number of imidazole rings is 1. The van der Waals surface area contributed by atoms with Crippen LogP contribution in [0.15, 0.2) is 36.4 Å². The van der Waals surface area contributed by atoms with Gasteiger partial charge in [-0.25, -0.2) is 9.97 Å². The Kier molecular flexibility index (Phi) is 8.01. The van der Waals surface area contributed by atoms with E-state index in [1.54, 1.807) is 6.08 Å². The number of fused-ring (bicyclic) bond motifs is 1. The first-order valence-electron chi connectivity index (χ1n) is 13.1. The van der Waals surface area contributed by atoms with Crippen LogP contribution < -0.4 is 0 Å². The second-order valence-corrected chi connectivity index (χ2v) is 9.57. The molecule has 1 aromatic carbocycles. The number of hydrogen-bond donors (Lipinski definition) is 0. The van der Waals surface area contributed by atoms with E-state index < -0.39 is 0 Å². The van der Waals surface area contributed by atoms with Gasteiger partial charge in [0, 0.05) is 37.3 Å². The van der Waals surface area contributed by atoms with Gasteiger partial charge in [0.15, 0.2) is 5.65 Å². The fraction of sp³-hybridized carbons (Fsp3) is 0.483. The molecule has 1 aliphatic rings. The molecule has 0 radical (unpaired) electrons. The number of likely N-dealkylation sites (tertiary alicyclic amines) is 1. The summed E-state index contributed by atoms with van der Waals surface area (Å²) in [6.07, 6.45) is 6.64. The summed E-state index contributed by atoms with van der Waals surface area (Å²) in [5, 5.41) is 0. The number of aryl methyl sites for hydroxylation is 3. The standard InChI is InChI=1S/C29H39N5O/c1-6-26-31-28-21(4)19-22(5)30-29(28)34(26)20-24-11-9-23(10-12-24)13-14-27(35)33-17-15-25(16-18-33)32(7-2)8-3/h9-14,19,25H,6-8,15-18,20H2,1-5H3. The van der Waals surface area contributed by atoms with E-state index in [1.165, 1.54) is 11.1 Å². The van der Waals surface area contributed by atoms with Gasteiger partial charge in [-0.3, -0.25) is 4.79 Å². The van der Waals surface area contributed by atoms with Gasteiger partial charge in [-0.2, -0.15) is 0 Å². The Balaban J connectivity index is 1.40. The fourth-order valence-corrected chi connectivity index (χ4v) is 5.27.